The van der Waals surface area contributed by atoms with Crippen LogP contribution < -0.4 is 16.4 Å². The fourth-order valence-corrected chi connectivity index (χ4v) is 3.80. The summed E-state index contributed by atoms with van der Waals surface area (Å²) in [5.74, 6) is 1.65. The highest BCUT2D eigenvalue weighted by Gasteiger charge is 2.45. The molecule has 1 aliphatic heterocycles. The Balaban J connectivity index is 1.75. The molecule has 0 aromatic carbocycles. The number of rotatable bonds is 2. The highest BCUT2D eigenvalue weighted by molar-refractivity contribution is 6.01. The van der Waals surface area contributed by atoms with Crippen molar-refractivity contribution in [3.63, 3.8) is 0 Å². The Morgan fingerprint density at radius 3 is 2.71 bits per heavy atom. The van der Waals surface area contributed by atoms with Crippen LogP contribution in [0.2, 0.25) is 0 Å². The minimum atomic E-state index is -0.308. The average Bonchev–Trinajstić information content (AvgIpc) is 2.80. The molecule has 0 radical (unpaired) electrons. The second kappa shape index (κ2) is 5.43. The maximum Gasteiger partial charge on any atom is 0.254 e. The van der Waals surface area contributed by atoms with Crippen molar-refractivity contribution in [2.75, 3.05) is 11.1 Å². The van der Waals surface area contributed by atoms with Crippen molar-refractivity contribution in [3.8, 4) is 0 Å². The van der Waals surface area contributed by atoms with Crippen molar-refractivity contribution >= 4 is 23.4 Å². The number of nitrogens with two attached hydrogens (primary N) is 1. The third-order valence-electron chi connectivity index (χ3n) is 4.90. The molecule has 4 rings (SSSR count). The van der Waals surface area contributed by atoms with Gasteiger partial charge >= 0.3 is 0 Å². The molecule has 7 nitrogen and oxygen atoms in total. The first kappa shape index (κ1) is 14.9. The number of carbonyl (C=O) groups is 1. The van der Waals surface area contributed by atoms with Crippen molar-refractivity contribution in [1.29, 1.82) is 0 Å². The van der Waals surface area contributed by atoms with E-state index in [9.17, 15) is 4.79 Å². The van der Waals surface area contributed by atoms with Crippen molar-refractivity contribution in [2.24, 2.45) is 0 Å². The summed E-state index contributed by atoms with van der Waals surface area (Å²) in [6, 6.07) is 3.53. The smallest absolute Gasteiger partial charge is 0.254 e. The summed E-state index contributed by atoms with van der Waals surface area (Å²) >= 11 is 0. The van der Waals surface area contributed by atoms with Crippen LogP contribution in [-0.2, 0) is 5.54 Å². The number of nitrogen functional groups attached to an aromatic ring is 1. The van der Waals surface area contributed by atoms with E-state index in [2.05, 4.69) is 20.6 Å². The molecule has 2 aliphatic rings. The van der Waals surface area contributed by atoms with Crippen molar-refractivity contribution in [3.05, 3.63) is 35.3 Å². The summed E-state index contributed by atoms with van der Waals surface area (Å²) < 4.78 is 0. The van der Waals surface area contributed by atoms with Gasteiger partial charge in [0.15, 0.2) is 0 Å². The zero-order chi connectivity index (χ0) is 16.7. The number of carbonyl (C=O) groups excluding carboxylic acids is 1. The number of aryl methyl sites for hydroxylation is 1. The van der Waals surface area contributed by atoms with Crippen LogP contribution in [0.1, 0.15) is 53.7 Å². The molecule has 0 bridgehead atoms. The maximum absolute atomic E-state index is 12.5. The van der Waals surface area contributed by atoms with Crippen molar-refractivity contribution in [2.45, 2.75) is 44.6 Å². The van der Waals surface area contributed by atoms with Gasteiger partial charge in [0.2, 0.25) is 0 Å². The number of aromatic nitrogens is 3. The van der Waals surface area contributed by atoms with Gasteiger partial charge in [0.05, 0.1) is 16.8 Å². The Kier molecular flexibility index (Phi) is 3.37. The Labute approximate surface area is 140 Å². The third-order valence-corrected chi connectivity index (χ3v) is 4.90. The molecule has 2 aromatic rings. The van der Waals surface area contributed by atoms with E-state index in [0.717, 1.165) is 42.5 Å². The molecule has 1 saturated carbocycles. The lowest BCUT2D eigenvalue weighted by Gasteiger charge is -2.33. The molecule has 7 heteroatoms. The van der Waals surface area contributed by atoms with Gasteiger partial charge in [-0.25, -0.2) is 15.0 Å². The Morgan fingerprint density at radius 2 is 1.96 bits per heavy atom. The molecular weight excluding hydrogens is 304 g/mol. The van der Waals surface area contributed by atoms with E-state index in [1.54, 1.807) is 6.07 Å². The van der Waals surface area contributed by atoms with Crippen LogP contribution >= 0.6 is 0 Å². The summed E-state index contributed by atoms with van der Waals surface area (Å²) in [6.45, 7) is 1.95. The number of amides is 1. The second-order valence-electron chi connectivity index (χ2n) is 6.60. The predicted octanol–water partition coefficient (Wildman–Crippen LogP) is 2.41. The lowest BCUT2D eigenvalue weighted by atomic mass is 9.79. The van der Waals surface area contributed by atoms with E-state index in [1.807, 2.05) is 13.0 Å². The quantitative estimate of drug-likeness (QED) is 0.783. The standard InChI is InChI=1S/C17H20N6O/c1-10-7-13(21-12-8-11(18)19-9-20-12)22-15-14(10)16(24)23-17(15)5-3-2-4-6-17/h7-9H,2-6H2,1H3,(H,23,24)(H3,18,19,20,21,22). The van der Waals surface area contributed by atoms with Gasteiger partial charge in [-0.15, -0.1) is 0 Å². The van der Waals surface area contributed by atoms with Crippen LogP contribution in [0.5, 0.6) is 0 Å². The summed E-state index contributed by atoms with van der Waals surface area (Å²) in [6.07, 6.45) is 6.74. The molecule has 1 fully saturated rings. The second-order valence-corrected chi connectivity index (χ2v) is 6.60. The van der Waals surface area contributed by atoms with Crippen molar-refractivity contribution < 1.29 is 4.79 Å². The molecule has 3 heterocycles. The lowest BCUT2D eigenvalue weighted by molar-refractivity contribution is 0.0908. The fraction of sp³-hybridized carbons (Fsp3) is 0.412. The molecule has 1 amide bonds. The Bertz CT molecular complexity index is 813. The normalized spacial score (nSPS) is 18.3. The molecule has 1 spiro atoms. The fourth-order valence-electron chi connectivity index (χ4n) is 3.80. The van der Waals surface area contributed by atoms with Crippen LogP contribution in [0.4, 0.5) is 17.5 Å². The van der Waals surface area contributed by atoms with Gasteiger partial charge in [-0.2, -0.15) is 0 Å². The molecule has 124 valence electrons. The number of pyridine rings is 1. The highest BCUT2D eigenvalue weighted by Crippen LogP contribution is 2.43. The van der Waals surface area contributed by atoms with Crippen LogP contribution in [0.3, 0.4) is 0 Å². The van der Waals surface area contributed by atoms with E-state index in [1.165, 1.54) is 12.7 Å². The highest BCUT2D eigenvalue weighted by atomic mass is 16.2. The Hall–Kier alpha value is -2.70. The number of nitrogens with one attached hydrogen (secondary N) is 2. The van der Waals surface area contributed by atoms with E-state index in [4.69, 9.17) is 10.7 Å². The number of hydrogen-bond acceptors (Lipinski definition) is 6. The van der Waals surface area contributed by atoms with E-state index in [0.29, 0.717) is 17.5 Å². The monoisotopic (exact) mass is 324 g/mol. The van der Waals surface area contributed by atoms with E-state index < -0.39 is 0 Å². The Morgan fingerprint density at radius 1 is 1.17 bits per heavy atom. The van der Waals surface area contributed by atoms with Crippen molar-refractivity contribution in [1.82, 2.24) is 20.3 Å². The molecule has 0 saturated heterocycles. The van der Waals surface area contributed by atoms with Crippen LogP contribution in [-0.4, -0.2) is 20.9 Å². The molecule has 0 unspecified atom stereocenters. The summed E-state index contributed by atoms with van der Waals surface area (Å²) in [7, 11) is 0. The molecule has 1 aliphatic carbocycles. The predicted molar refractivity (Wildman–Crippen MR) is 90.9 cm³/mol. The lowest BCUT2D eigenvalue weighted by Crippen LogP contribution is -2.41. The zero-order valence-electron chi connectivity index (χ0n) is 13.6. The van der Waals surface area contributed by atoms with Gasteiger partial charge in [-0.1, -0.05) is 19.3 Å². The summed E-state index contributed by atoms with van der Waals surface area (Å²) in [5.41, 5.74) is 7.91. The van der Waals surface area contributed by atoms with Gasteiger partial charge in [0, 0.05) is 6.07 Å². The first-order valence-corrected chi connectivity index (χ1v) is 8.27. The average molecular weight is 324 g/mol. The van der Waals surface area contributed by atoms with Crippen LogP contribution in [0, 0.1) is 6.92 Å². The first-order chi connectivity index (χ1) is 11.6. The molecule has 4 N–H and O–H groups in total. The third kappa shape index (κ3) is 2.36. The molecule has 0 atom stereocenters. The number of nitrogens with zero attached hydrogens (tertiary/aromatic N) is 3. The maximum atomic E-state index is 12.5. The topological polar surface area (TPSA) is 106 Å². The summed E-state index contributed by atoms with van der Waals surface area (Å²) in [5, 5.41) is 6.37. The molecule has 24 heavy (non-hydrogen) atoms. The van der Waals surface area contributed by atoms with Gasteiger partial charge in [-0.05, 0) is 31.4 Å². The minimum absolute atomic E-state index is 0.00488. The largest absolute Gasteiger partial charge is 0.384 e. The van der Waals surface area contributed by atoms with Gasteiger partial charge in [0.1, 0.15) is 23.8 Å². The minimum Gasteiger partial charge on any atom is -0.384 e. The van der Waals surface area contributed by atoms with Gasteiger partial charge in [0.25, 0.3) is 5.91 Å². The van der Waals surface area contributed by atoms with Crippen LogP contribution in [0.25, 0.3) is 0 Å². The molecular formula is C17H20N6O. The number of hydrogen-bond donors (Lipinski definition) is 3. The van der Waals surface area contributed by atoms with E-state index in [-0.39, 0.29) is 11.4 Å². The number of fused-ring (bicyclic) bond motifs is 2. The number of anilines is 3. The van der Waals surface area contributed by atoms with Crippen LogP contribution in [0.15, 0.2) is 18.5 Å². The SMILES string of the molecule is Cc1cc(Nc2cc(N)ncn2)nc2c1C(=O)NC21CCCCC1. The molecule has 2 aromatic heterocycles. The zero-order valence-corrected chi connectivity index (χ0v) is 13.6. The van der Waals surface area contributed by atoms with Gasteiger partial charge in [-0.3, -0.25) is 4.79 Å². The summed E-state index contributed by atoms with van der Waals surface area (Å²) in [4.78, 5) is 25.3. The first-order valence-electron chi connectivity index (χ1n) is 8.27. The van der Waals surface area contributed by atoms with E-state index >= 15 is 0 Å². The van der Waals surface area contributed by atoms with Gasteiger partial charge < -0.3 is 16.4 Å².